The van der Waals surface area contributed by atoms with Crippen LogP contribution in [0.5, 0.6) is 0 Å². The van der Waals surface area contributed by atoms with Crippen molar-refractivity contribution in [3.05, 3.63) is 78.4 Å². The topological polar surface area (TPSA) is 102 Å². The van der Waals surface area contributed by atoms with Gasteiger partial charge < -0.3 is 10.1 Å². The fraction of sp³-hybridized carbons (Fsp3) is 0.200. The Balaban J connectivity index is 2.06. The highest BCUT2D eigenvalue weighted by molar-refractivity contribution is 7.89. The molecule has 0 bridgehead atoms. The van der Waals surface area contributed by atoms with Crippen LogP contribution in [0.25, 0.3) is 0 Å². The summed E-state index contributed by atoms with van der Waals surface area (Å²) in [7, 11) is -3.82. The zero-order valence-corrected chi connectivity index (χ0v) is 16.2. The van der Waals surface area contributed by atoms with Crippen molar-refractivity contribution in [2.75, 3.05) is 6.54 Å². The van der Waals surface area contributed by atoms with E-state index < -0.39 is 28.0 Å². The van der Waals surface area contributed by atoms with E-state index in [0.717, 1.165) is 5.56 Å². The highest BCUT2D eigenvalue weighted by Crippen LogP contribution is 2.14. The summed E-state index contributed by atoms with van der Waals surface area (Å²) in [5.41, 5.74) is 0.840. The molecule has 0 heterocycles. The number of esters is 1. The predicted octanol–water partition coefficient (Wildman–Crippen LogP) is 2.01. The van der Waals surface area contributed by atoms with E-state index in [4.69, 9.17) is 4.74 Å². The van der Waals surface area contributed by atoms with Gasteiger partial charge in [-0.2, -0.15) is 0 Å². The predicted molar refractivity (Wildman–Crippen MR) is 105 cm³/mol. The molecule has 8 heteroatoms. The second-order valence-corrected chi connectivity index (χ2v) is 7.69. The summed E-state index contributed by atoms with van der Waals surface area (Å²) in [6.45, 7) is 5.29. The molecule has 1 unspecified atom stereocenters. The second-order valence-electron chi connectivity index (χ2n) is 5.92. The molecule has 0 spiro atoms. The minimum absolute atomic E-state index is 0.0333. The Bertz CT molecular complexity index is 942. The SMILES string of the molecule is C=CCNC(=O)C(C)OC(=O)c1cccc(S(=O)(=O)NCc2ccccc2)c1. The van der Waals surface area contributed by atoms with E-state index in [1.165, 1.54) is 37.3 Å². The van der Waals surface area contributed by atoms with Gasteiger partial charge in [0.1, 0.15) is 0 Å². The summed E-state index contributed by atoms with van der Waals surface area (Å²) < 4.78 is 32.6. The number of rotatable bonds is 9. The van der Waals surface area contributed by atoms with Crippen molar-refractivity contribution in [1.29, 1.82) is 0 Å². The highest BCUT2D eigenvalue weighted by Gasteiger charge is 2.20. The molecule has 2 aromatic carbocycles. The van der Waals surface area contributed by atoms with E-state index in [1.807, 2.05) is 18.2 Å². The molecule has 0 radical (unpaired) electrons. The lowest BCUT2D eigenvalue weighted by Crippen LogP contribution is -2.35. The van der Waals surface area contributed by atoms with Crippen molar-refractivity contribution in [1.82, 2.24) is 10.0 Å². The van der Waals surface area contributed by atoms with E-state index in [-0.39, 0.29) is 23.5 Å². The average molecular weight is 402 g/mol. The van der Waals surface area contributed by atoms with E-state index in [0.29, 0.717) is 0 Å². The van der Waals surface area contributed by atoms with Crippen molar-refractivity contribution in [3.8, 4) is 0 Å². The molecule has 0 aliphatic carbocycles. The van der Waals surface area contributed by atoms with Gasteiger partial charge in [-0.1, -0.05) is 42.5 Å². The lowest BCUT2D eigenvalue weighted by molar-refractivity contribution is -0.128. The fourth-order valence-corrected chi connectivity index (χ4v) is 3.31. The molecule has 1 atom stereocenters. The van der Waals surface area contributed by atoms with Gasteiger partial charge in [-0.25, -0.2) is 17.9 Å². The molecule has 2 rings (SSSR count). The van der Waals surface area contributed by atoms with Crippen LogP contribution in [0.3, 0.4) is 0 Å². The highest BCUT2D eigenvalue weighted by atomic mass is 32.2. The third-order valence-electron chi connectivity index (χ3n) is 3.76. The number of amides is 1. The molecule has 1 amide bonds. The van der Waals surface area contributed by atoms with Gasteiger partial charge in [-0.05, 0) is 30.7 Å². The van der Waals surface area contributed by atoms with Crippen LogP contribution < -0.4 is 10.0 Å². The summed E-state index contributed by atoms with van der Waals surface area (Å²) in [5.74, 6) is -1.26. The number of nitrogens with one attached hydrogen (secondary N) is 2. The molecule has 0 aliphatic heterocycles. The lowest BCUT2D eigenvalue weighted by atomic mass is 10.2. The van der Waals surface area contributed by atoms with Crippen LogP contribution in [-0.2, 0) is 26.1 Å². The number of carbonyl (C=O) groups is 2. The van der Waals surface area contributed by atoms with Crippen LogP contribution in [0, 0.1) is 0 Å². The first-order valence-corrected chi connectivity index (χ1v) is 10.0. The molecule has 28 heavy (non-hydrogen) atoms. The van der Waals surface area contributed by atoms with Gasteiger partial charge in [0.25, 0.3) is 5.91 Å². The zero-order chi connectivity index (χ0) is 20.6. The monoisotopic (exact) mass is 402 g/mol. The number of carbonyl (C=O) groups excluding carboxylic acids is 2. The van der Waals surface area contributed by atoms with Crippen molar-refractivity contribution in [3.63, 3.8) is 0 Å². The first-order chi connectivity index (χ1) is 13.3. The smallest absolute Gasteiger partial charge is 0.338 e. The molecular weight excluding hydrogens is 380 g/mol. The Morgan fingerprint density at radius 2 is 1.86 bits per heavy atom. The van der Waals surface area contributed by atoms with Crippen molar-refractivity contribution < 1.29 is 22.7 Å². The Labute approximate surface area is 164 Å². The number of hydrogen-bond acceptors (Lipinski definition) is 5. The standard InChI is InChI=1S/C20H22N2O5S/c1-3-12-21-19(23)15(2)27-20(24)17-10-7-11-18(13-17)28(25,26)22-14-16-8-5-4-6-9-16/h3-11,13,15,22H,1,12,14H2,2H3,(H,21,23). The molecule has 0 fully saturated rings. The third-order valence-corrected chi connectivity index (χ3v) is 5.16. The van der Waals surface area contributed by atoms with Gasteiger partial charge in [-0.3, -0.25) is 4.79 Å². The minimum Gasteiger partial charge on any atom is -0.449 e. The van der Waals surface area contributed by atoms with E-state index in [2.05, 4.69) is 16.6 Å². The van der Waals surface area contributed by atoms with E-state index in [1.54, 1.807) is 12.1 Å². The van der Waals surface area contributed by atoms with E-state index in [9.17, 15) is 18.0 Å². The maximum atomic E-state index is 12.5. The van der Waals surface area contributed by atoms with Crippen molar-refractivity contribution in [2.45, 2.75) is 24.5 Å². The minimum atomic E-state index is -3.82. The fourth-order valence-electron chi connectivity index (χ4n) is 2.25. The van der Waals surface area contributed by atoms with Crippen molar-refractivity contribution in [2.24, 2.45) is 0 Å². The zero-order valence-electron chi connectivity index (χ0n) is 15.4. The van der Waals surface area contributed by atoms with Crippen LogP contribution in [0.1, 0.15) is 22.8 Å². The van der Waals surface area contributed by atoms with Crippen LogP contribution in [0.4, 0.5) is 0 Å². The average Bonchev–Trinajstić information content (AvgIpc) is 2.71. The summed E-state index contributed by atoms with van der Waals surface area (Å²) in [4.78, 5) is 24.0. The first kappa shape index (κ1) is 21.3. The maximum Gasteiger partial charge on any atom is 0.338 e. The molecule has 0 aliphatic rings. The third kappa shape index (κ3) is 6.04. The first-order valence-electron chi connectivity index (χ1n) is 8.56. The number of ether oxygens (including phenoxy) is 1. The van der Waals surface area contributed by atoms with Crippen LogP contribution in [0.15, 0.2) is 72.1 Å². The van der Waals surface area contributed by atoms with Gasteiger partial charge in [-0.15, -0.1) is 6.58 Å². The Kier molecular flexibility index (Phi) is 7.48. The van der Waals surface area contributed by atoms with Gasteiger partial charge in [0.05, 0.1) is 10.5 Å². The number of sulfonamides is 1. The molecule has 0 saturated carbocycles. The largest absolute Gasteiger partial charge is 0.449 e. The Morgan fingerprint density at radius 3 is 2.54 bits per heavy atom. The summed E-state index contributed by atoms with van der Waals surface area (Å²) in [5, 5.41) is 2.52. The van der Waals surface area contributed by atoms with Crippen molar-refractivity contribution >= 4 is 21.9 Å². The Hall–Kier alpha value is -2.97. The molecule has 2 N–H and O–H groups in total. The van der Waals surface area contributed by atoms with Gasteiger partial charge in [0.15, 0.2) is 6.10 Å². The quantitative estimate of drug-likeness (QED) is 0.494. The maximum absolute atomic E-state index is 12.5. The summed E-state index contributed by atoms with van der Waals surface area (Å²) >= 11 is 0. The van der Waals surface area contributed by atoms with Gasteiger partial charge in [0.2, 0.25) is 10.0 Å². The van der Waals surface area contributed by atoms with E-state index >= 15 is 0 Å². The molecule has 0 saturated heterocycles. The van der Waals surface area contributed by atoms with Crippen LogP contribution >= 0.6 is 0 Å². The molecule has 2 aromatic rings. The number of benzene rings is 2. The second kappa shape index (κ2) is 9.82. The molecule has 7 nitrogen and oxygen atoms in total. The summed E-state index contributed by atoms with van der Waals surface area (Å²) in [6, 6.07) is 14.5. The molecule has 0 aromatic heterocycles. The normalized spacial score (nSPS) is 12.0. The van der Waals surface area contributed by atoms with Crippen LogP contribution in [-0.4, -0.2) is 32.9 Å². The molecule has 148 valence electrons. The molecular formula is C20H22N2O5S. The van der Waals surface area contributed by atoms with Crippen LogP contribution in [0.2, 0.25) is 0 Å². The van der Waals surface area contributed by atoms with Gasteiger partial charge >= 0.3 is 5.97 Å². The number of hydrogen-bond donors (Lipinski definition) is 2. The lowest BCUT2D eigenvalue weighted by Gasteiger charge is -2.13. The summed E-state index contributed by atoms with van der Waals surface area (Å²) in [6.07, 6.45) is 0.479. The van der Waals surface area contributed by atoms with Gasteiger partial charge in [0, 0.05) is 13.1 Å². The Morgan fingerprint density at radius 1 is 1.14 bits per heavy atom.